The number of hydrogen-bond donors (Lipinski definition) is 1. The lowest BCUT2D eigenvalue weighted by molar-refractivity contribution is 0.296. The van der Waals surface area contributed by atoms with Gasteiger partial charge in [0.05, 0.1) is 6.61 Å². The van der Waals surface area contributed by atoms with E-state index in [4.69, 9.17) is 10.5 Å². The Morgan fingerprint density at radius 1 is 1.30 bits per heavy atom. The van der Waals surface area contributed by atoms with E-state index in [1.807, 2.05) is 0 Å². The van der Waals surface area contributed by atoms with Crippen LogP contribution in [-0.2, 0) is 11.8 Å². The summed E-state index contributed by atoms with van der Waals surface area (Å²) >= 11 is 0. The van der Waals surface area contributed by atoms with Gasteiger partial charge in [0, 0.05) is 6.04 Å². The maximum Gasteiger partial charge on any atom is 0.122 e. The smallest absolute Gasteiger partial charge is 0.122 e. The number of hydrogen-bond acceptors (Lipinski definition) is 2. The molecule has 1 atom stereocenters. The Morgan fingerprint density at radius 2 is 1.95 bits per heavy atom. The van der Waals surface area contributed by atoms with Crippen LogP contribution in [0.5, 0.6) is 5.75 Å². The van der Waals surface area contributed by atoms with E-state index in [2.05, 4.69) is 45.9 Å². The van der Waals surface area contributed by atoms with E-state index < -0.39 is 0 Å². The summed E-state index contributed by atoms with van der Waals surface area (Å²) in [5, 5.41) is 0. The molecule has 0 heterocycles. The molecule has 0 amide bonds. The number of benzene rings is 1. The van der Waals surface area contributed by atoms with Crippen LogP contribution in [0, 0.1) is 5.92 Å². The highest BCUT2D eigenvalue weighted by atomic mass is 35.5. The molecule has 0 spiro atoms. The molecule has 0 radical (unpaired) electrons. The fraction of sp³-hybridized carbons (Fsp3) is 0.647. The molecule has 2 nitrogen and oxygen atoms in total. The van der Waals surface area contributed by atoms with Crippen LogP contribution in [0.1, 0.15) is 51.7 Å². The van der Waals surface area contributed by atoms with Gasteiger partial charge in [-0.3, -0.25) is 0 Å². The molecule has 20 heavy (non-hydrogen) atoms. The first-order chi connectivity index (χ1) is 8.86. The lowest BCUT2D eigenvalue weighted by Crippen LogP contribution is -2.19. The molecule has 1 aliphatic rings. The van der Waals surface area contributed by atoms with Crippen LogP contribution >= 0.6 is 12.4 Å². The van der Waals surface area contributed by atoms with Crippen molar-refractivity contribution >= 4 is 12.4 Å². The average molecular weight is 298 g/mol. The van der Waals surface area contributed by atoms with Gasteiger partial charge in [0.25, 0.3) is 0 Å². The van der Waals surface area contributed by atoms with Crippen LogP contribution < -0.4 is 10.5 Å². The highest BCUT2D eigenvalue weighted by molar-refractivity contribution is 5.85. The van der Waals surface area contributed by atoms with Crippen molar-refractivity contribution in [3.63, 3.8) is 0 Å². The molecule has 0 bridgehead atoms. The quantitative estimate of drug-likeness (QED) is 0.888. The number of ether oxygens (including phenoxy) is 1. The second-order valence-electron chi connectivity index (χ2n) is 7.01. The number of rotatable bonds is 5. The predicted molar refractivity (Wildman–Crippen MR) is 88.0 cm³/mol. The summed E-state index contributed by atoms with van der Waals surface area (Å²) in [6.45, 7) is 9.63. The molecule has 1 aliphatic carbocycles. The van der Waals surface area contributed by atoms with Gasteiger partial charge in [-0.1, -0.05) is 32.9 Å². The summed E-state index contributed by atoms with van der Waals surface area (Å²) in [7, 11) is 0. The van der Waals surface area contributed by atoms with Crippen molar-refractivity contribution in [1.29, 1.82) is 0 Å². The predicted octanol–water partition coefficient (Wildman–Crippen LogP) is 4.08. The highest BCUT2D eigenvalue weighted by Crippen LogP contribution is 2.32. The van der Waals surface area contributed by atoms with Crippen molar-refractivity contribution in [3.8, 4) is 5.75 Å². The van der Waals surface area contributed by atoms with Gasteiger partial charge in [-0.2, -0.15) is 0 Å². The highest BCUT2D eigenvalue weighted by Gasteiger charge is 2.23. The monoisotopic (exact) mass is 297 g/mol. The zero-order valence-electron chi connectivity index (χ0n) is 13.1. The lowest BCUT2D eigenvalue weighted by Gasteiger charge is -2.22. The summed E-state index contributed by atoms with van der Waals surface area (Å²) < 4.78 is 5.97. The summed E-state index contributed by atoms with van der Waals surface area (Å²) in [6.07, 6.45) is 3.52. The molecule has 1 aromatic carbocycles. The fourth-order valence-electron chi connectivity index (χ4n) is 2.19. The minimum absolute atomic E-state index is 0. The van der Waals surface area contributed by atoms with E-state index in [9.17, 15) is 0 Å². The van der Waals surface area contributed by atoms with Crippen LogP contribution in [0.15, 0.2) is 18.2 Å². The lowest BCUT2D eigenvalue weighted by atomic mass is 9.85. The van der Waals surface area contributed by atoms with Gasteiger partial charge in [-0.05, 0) is 54.7 Å². The zero-order valence-corrected chi connectivity index (χ0v) is 13.9. The number of halogens is 1. The molecule has 1 aromatic rings. The van der Waals surface area contributed by atoms with E-state index in [1.165, 1.54) is 24.0 Å². The first-order valence-electron chi connectivity index (χ1n) is 7.38. The standard InChI is InChI=1S/C17H27NO.ClH/c1-12(18)9-14-10-15(17(2,3)4)7-8-16(14)19-11-13-5-6-13;/h7-8,10,12-13H,5-6,9,11,18H2,1-4H3;1H. The first-order valence-corrected chi connectivity index (χ1v) is 7.38. The van der Waals surface area contributed by atoms with E-state index in [0.29, 0.717) is 0 Å². The third kappa shape index (κ3) is 4.99. The zero-order chi connectivity index (χ0) is 14.0. The Morgan fingerprint density at radius 3 is 2.45 bits per heavy atom. The van der Waals surface area contributed by atoms with E-state index in [0.717, 1.165) is 24.7 Å². The fourth-order valence-corrected chi connectivity index (χ4v) is 2.19. The Labute approximate surface area is 129 Å². The molecule has 1 fully saturated rings. The first kappa shape index (κ1) is 17.3. The van der Waals surface area contributed by atoms with Gasteiger partial charge in [-0.15, -0.1) is 12.4 Å². The summed E-state index contributed by atoms with van der Waals surface area (Å²) in [5.41, 5.74) is 8.74. The SMILES string of the molecule is CC(N)Cc1cc(C(C)(C)C)ccc1OCC1CC1.Cl. The molecule has 2 N–H and O–H groups in total. The van der Waals surface area contributed by atoms with Crippen molar-refractivity contribution in [1.82, 2.24) is 0 Å². The Kier molecular flexibility index (Phi) is 5.91. The van der Waals surface area contributed by atoms with Crippen molar-refractivity contribution in [2.24, 2.45) is 11.7 Å². The minimum atomic E-state index is 0. The van der Waals surface area contributed by atoms with E-state index in [-0.39, 0.29) is 23.9 Å². The van der Waals surface area contributed by atoms with Gasteiger partial charge >= 0.3 is 0 Å². The van der Waals surface area contributed by atoms with Crippen LogP contribution in [-0.4, -0.2) is 12.6 Å². The molecular formula is C17H28ClNO. The molecule has 114 valence electrons. The van der Waals surface area contributed by atoms with Crippen LogP contribution in [0.4, 0.5) is 0 Å². The second kappa shape index (κ2) is 6.82. The molecule has 0 aliphatic heterocycles. The van der Waals surface area contributed by atoms with E-state index in [1.54, 1.807) is 0 Å². The van der Waals surface area contributed by atoms with Crippen molar-refractivity contribution in [3.05, 3.63) is 29.3 Å². The van der Waals surface area contributed by atoms with Gasteiger partial charge < -0.3 is 10.5 Å². The maximum absolute atomic E-state index is 5.97. The van der Waals surface area contributed by atoms with Crippen molar-refractivity contribution in [2.45, 2.75) is 58.4 Å². The molecule has 0 saturated heterocycles. The number of nitrogens with two attached hydrogens (primary N) is 1. The van der Waals surface area contributed by atoms with Gasteiger partial charge in [0.15, 0.2) is 0 Å². The third-order valence-corrected chi connectivity index (χ3v) is 3.64. The van der Waals surface area contributed by atoms with Crippen molar-refractivity contribution < 1.29 is 4.74 Å². The maximum atomic E-state index is 5.97. The minimum Gasteiger partial charge on any atom is -0.493 e. The van der Waals surface area contributed by atoms with Crippen LogP contribution in [0.3, 0.4) is 0 Å². The topological polar surface area (TPSA) is 35.2 Å². The molecule has 2 rings (SSSR count). The Hall–Kier alpha value is -0.730. The summed E-state index contributed by atoms with van der Waals surface area (Å²) in [5.74, 6) is 1.81. The second-order valence-corrected chi connectivity index (χ2v) is 7.01. The van der Waals surface area contributed by atoms with E-state index >= 15 is 0 Å². The Balaban J connectivity index is 0.00000200. The van der Waals surface area contributed by atoms with Gasteiger partial charge in [0.2, 0.25) is 0 Å². The summed E-state index contributed by atoms with van der Waals surface area (Å²) in [4.78, 5) is 0. The third-order valence-electron chi connectivity index (χ3n) is 3.64. The molecule has 0 aromatic heterocycles. The van der Waals surface area contributed by atoms with Crippen LogP contribution in [0.2, 0.25) is 0 Å². The summed E-state index contributed by atoms with van der Waals surface area (Å²) in [6, 6.07) is 6.75. The Bertz CT molecular complexity index is 433. The normalized spacial score (nSPS) is 16.4. The van der Waals surface area contributed by atoms with Crippen molar-refractivity contribution in [2.75, 3.05) is 6.61 Å². The molecule has 3 heteroatoms. The molecule has 1 saturated carbocycles. The molecular weight excluding hydrogens is 270 g/mol. The van der Waals surface area contributed by atoms with Gasteiger partial charge in [0.1, 0.15) is 5.75 Å². The largest absolute Gasteiger partial charge is 0.493 e. The van der Waals surface area contributed by atoms with Gasteiger partial charge in [-0.25, -0.2) is 0 Å². The molecule has 1 unspecified atom stereocenters. The van der Waals surface area contributed by atoms with Crippen LogP contribution in [0.25, 0.3) is 0 Å². The average Bonchev–Trinajstić information content (AvgIpc) is 3.09.